The van der Waals surface area contributed by atoms with Gasteiger partial charge in [0.1, 0.15) is 6.61 Å². The van der Waals surface area contributed by atoms with E-state index >= 15 is 0 Å². The summed E-state index contributed by atoms with van der Waals surface area (Å²) in [6.07, 6.45) is 5.69. The summed E-state index contributed by atoms with van der Waals surface area (Å²) in [5.74, 6) is 0.200. The number of esters is 1. The average Bonchev–Trinajstić information content (AvgIpc) is 2.70. The Bertz CT molecular complexity index is 346. The van der Waals surface area contributed by atoms with Gasteiger partial charge in [-0.25, -0.2) is 0 Å². The Labute approximate surface area is 163 Å². The number of carbonyl (C=O) groups is 1. The first-order valence-electron chi connectivity index (χ1n) is 10.2. The molecule has 0 aromatic heterocycles. The number of rotatable bonds is 10. The lowest BCUT2D eigenvalue weighted by Crippen LogP contribution is -2.38. The maximum atomic E-state index is 11.8. The first-order valence-corrected chi connectivity index (χ1v) is 10.2. The third-order valence-corrected chi connectivity index (χ3v) is 4.94. The van der Waals surface area contributed by atoms with Gasteiger partial charge in [-0.1, -0.05) is 19.3 Å². The van der Waals surface area contributed by atoms with Gasteiger partial charge in [0.25, 0.3) is 0 Å². The summed E-state index contributed by atoms with van der Waals surface area (Å²) in [6.45, 7) is 6.66. The van der Waals surface area contributed by atoms with Crippen molar-refractivity contribution in [1.82, 2.24) is 9.80 Å². The van der Waals surface area contributed by atoms with Crippen molar-refractivity contribution in [3.63, 3.8) is 0 Å². The summed E-state index contributed by atoms with van der Waals surface area (Å²) in [5, 5.41) is 25.5. The molecule has 0 aromatic rings. The molecule has 1 saturated carbocycles. The molecule has 3 N–H and O–H groups in total. The summed E-state index contributed by atoms with van der Waals surface area (Å²) in [6, 6.07) is 0. The second-order valence-electron chi connectivity index (χ2n) is 6.97. The van der Waals surface area contributed by atoms with Crippen LogP contribution in [0.2, 0.25) is 0 Å². The smallest absolute Gasteiger partial charge is 0.308 e. The Kier molecular flexibility index (Phi) is 14.6. The van der Waals surface area contributed by atoms with Crippen molar-refractivity contribution < 1.29 is 29.6 Å². The molecule has 0 atom stereocenters. The topological polar surface area (TPSA) is 103 Å². The molecule has 1 heterocycles. The third-order valence-electron chi connectivity index (χ3n) is 4.94. The molecule has 1 saturated heterocycles. The molecule has 8 heteroatoms. The third kappa shape index (κ3) is 11.6. The molecule has 0 spiro atoms. The minimum absolute atomic E-state index is 0.0259. The molecule has 1 aliphatic heterocycles. The number of nitrogens with zero attached hydrogens (tertiary/aromatic N) is 2. The van der Waals surface area contributed by atoms with E-state index < -0.39 is 0 Å². The SMILES string of the molecule is O=C(OCCN1CCOCC1)C1CCCCC1.OCCN(CCO)CCO. The second-order valence-corrected chi connectivity index (χ2v) is 6.97. The van der Waals surface area contributed by atoms with Crippen LogP contribution in [-0.4, -0.2) is 110 Å². The van der Waals surface area contributed by atoms with Gasteiger partial charge in [0.05, 0.1) is 39.0 Å². The quantitative estimate of drug-likeness (QED) is 0.437. The van der Waals surface area contributed by atoms with Gasteiger partial charge < -0.3 is 24.8 Å². The fourth-order valence-corrected chi connectivity index (χ4v) is 3.32. The fourth-order valence-electron chi connectivity index (χ4n) is 3.32. The number of carbonyl (C=O) groups excluding carboxylic acids is 1. The minimum Gasteiger partial charge on any atom is -0.464 e. The van der Waals surface area contributed by atoms with Crippen molar-refractivity contribution in [2.45, 2.75) is 32.1 Å². The molecule has 2 aliphatic rings. The van der Waals surface area contributed by atoms with Gasteiger partial charge in [0.15, 0.2) is 0 Å². The number of aliphatic hydroxyl groups excluding tert-OH is 3. The van der Waals surface area contributed by atoms with Crippen molar-refractivity contribution >= 4 is 5.97 Å². The van der Waals surface area contributed by atoms with Crippen LogP contribution in [0.5, 0.6) is 0 Å². The second kappa shape index (κ2) is 16.2. The van der Waals surface area contributed by atoms with E-state index in [1.54, 1.807) is 4.90 Å². The lowest BCUT2D eigenvalue weighted by Gasteiger charge is -2.26. The Morgan fingerprint density at radius 2 is 1.52 bits per heavy atom. The first kappa shape index (κ1) is 24.3. The Hall–Kier alpha value is -0.770. The summed E-state index contributed by atoms with van der Waals surface area (Å²) in [4.78, 5) is 15.9. The fraction of sp³-hybridized carbons (Fsp3) is 0.947. The van der Waals surface area contributed by atoms with Crippen LogP contribution in [0.15, 0.2) is 0 Å². The molecule has 1 aliphatic carbocycles. The van der Waals surface area contributed by atoms with Gasteiger partial charge in [0.2, 0.25) is 0 Å². The molecule has 8 nitrogen and oxygen atoms in total. The monoisotopic (exact) mass is 390 g/mol. The zero-order valence-corrected chi connectivity index (χ0v) is 16.6. The number of hydrogen-bond donors (Lipinski definition) is 3. The summed E-state index contributed by atoms with van der Waals surface area (Å²) in [5.41, 5.74) is 0. The molecule has 160 valence electrons. The Balaban J connectivity index is 0.000000314. The number of hydrogen-bond acceptors (Lipinski definition) is 8. The van der Waals surface area contributed by atoms with Crippen molar-refractivity contribution in [1.29, 1.82) is 0 Å². The molecular weight excluding hydrogens is 352 g/mol. The predicted molar refractivity (Wildman–Crippen MR) is 102 cm³/mol. The van der Waals surface area contributed by atoms with E-state index in [1.807, 2.05) is 0 Å². The van der Waals surface area contributed by atoms with Crippen LogP contribution in [0.1, 0.15) is 32.1 Å². The first-order chi connectivity index (χ1) is 13.2. The lowest BCUT2D eigenvalue weighted by atomic mass is 9.89. The van der Waals surface area contributed by atoms with Gasteiger partial charge in [-0.3, -0.25) is 14.6 Å². The Morgan fingerprint density at radius 1 is 0.963 bits per heavy atom. The molecule has 0 bridgehead atoms. The van der Waals surface area contributed by atoms with Crippen LogP contribution >= 0.6 is 0 Å². The van der Waals surface area contributed by atoms with Gasteiger partial charge >= 0.3 is 5.97 Å². The number of morpholine rings is 1. The van der Waals surface area contributed by atoms with Gasteiger partial charge in [-0.15, -0.1) is 0 Å². The summed E-state index contributed by atoms with van der Waals surface area (Å²) < 4.78 is 10.6. The van der Waals surface area contributed by atoms with Crippen LogP contribution in [0, 0.1) is 5.92 Å². The molecular formula is C19H38N2O6. The van der Waals surface area contributed by atoms with Crippen molar-refractivity contribution in [3.05, 3.63) is 0 Å². The summed E-state index contributed by atoms with van der Waals surface area (Å²) in [7, 11) is 0. The zero-order valence-electron chi connectivity index (χ0n) is 16.6. The molecule has 2 fully saturated rings. The van der Waals surface area contributed by atoms with Crippen molar-refractivity contribution in [3.8, 4) is 0 Å². The standard InChI is InChI=1S/C13H23NO3.C6H15NO3/c15-13(12-4-2-1-3-5-12)17-11-8-14-6-9-16-10-7-14;8-4-1-7(2-5-9)3-6-10/h12H,1-11H2;8-10H,1-6H2. The highest BCUT2D eigenvalue weighted by Gasteiger charge is 2.22. The predicted octanol–water partition coefficient (Wildman–Crippen LogP) is -0.293. The van der Waals surface area contributed by atoms with E-state index in [4.69, 9.17) is 24.8 Å². The van der Waals surface area contributed by atoms with Gasteiger partial charge in [-0.2, -0.15) is 0 Å². The largest absolute Gasteiger partial charge is 0.464 e. The zero-order chi connectivity index (χ0) is 19.7. The van der Waals surface area contributed by atoms with Crippen LogP contribution in [-0.2, 0) is 14.3 Å². The normalized spacial score (nSPS) is 18.8. The molecule has 27 heavy (non-hydrogen) atoms. The molecule has 0 radical (unpaired) electrons. The maximum absolute atomic E-state index is 11.8. The van der Waals surface area contributed by atoms with E-state index in [9.17, 15) is 4.79 Å². The number of ether oxygens (including phenoxy) is 2. The lowest BCUT2D eigenvalue weighted by molar-refractivity contribution is -0.150. The van der Waals surface area contributed by atoms with E-state index in [1.165, 1.54) is 19.3 Å². The van der Waals surface area contributed by atoms with Crippen LogP contribution in [0.4, 0.5) is 0 Å². The highest BCUT2D eigenvalue weighted by atomic mass is 16.5. The minimum atomic E-state index is 0.0259. The molecule has 0 aromatic carbocycles. The Morgan fingerprint density at radius 3 is 2.04 bits per heavy atom. The molecule has 0 unspecified atom stereocenters. The average molecular weight is 391 g/mol. The highest BCUT2D eigenvalue weighted by molar-refractivity contribution is 5.72. The van der Waals surface area contributed by atoms with E-state index in [0.717, 1.165) is 45.7 Å². The highest BCUT2D eigenvalue weighted by Crippen LogP contribution is 2.24. The molecule has 2 rings (SSSR count). The maximum Gasteiger partial charge on any atom is 0.308 e. The van der Waals surface area contributed by atoms with E-state index in [2.05, 4.69) is 4.90 Å². The van der Waals surface area contributed by atoms with Crippen molar-refractivity contribution in [2.24, 2.45) is 5.92 Å². The van der Waals surface area contributed by atoms with Crippen LogP contribution in [0.3, 0.4) is 0 Å². The molecule has 0 amide bonds. The van der Waals surface area contributed by atoms with E-state index in [-0.39, 0.29) is 31.7 Å². The summed E-state index contributed by atoms with van der Waals surface area (Å²) >= 11 is 0. The van der Waals surface area contributed by atoms with Crippen LogP contribution in [0.25, 0.3) is 0 Å². The number of aliphatic hydroxyl groups is 3. The van der Waals surface area contributed by atoms with Crippen molar-refractivity contribution in [2.75, 3.05) is 78.9 Å². The van der Waals surface area contributed by atoms with E-state index in [0.29, 0.717) is 26.2 Å². The van der Waals surface area contributed by atoms with Crippen LogP contribution < -0.4 is 0 Å². The van der Waals surface area contributed by atoms with Gasteiger partial charge in [0, 0.05) is 39.3 Å². The van der Waals surface area contributed by atoms with Gasteiger partial charge in [-0.05, 0) is 12.8 Å².